The fourth-order valence-corrected chi connectivity index (χ4v) is 157. The van der Waals surface area contributed by atoms with E-state index in [2.05, 4.69) is 78.6 Å². The Morgan fingerprint density at radius 2 is 0.650 bits per heavy atom. The fraction of sp³-hybridized carbons (Fsp3) is 1.00. The van der Waals surface area contributed by atoms with Crippen LogP contribution in [0.1, 0.15) is 0 Å². The first-order chi connectivity index (χ1) is 8.25. The topological polar surface area (TPSA) is 0 Å². The molecule has 0 atom stereocenters. The van der Waals surface area contributed by atoms with Gasteiger partial charge in [0.2, 0.25) is 6.21 Å². The quantitative estimate of drug-likeness (QED) is 0.373. The normalized spacial score (nSPS) is 16.5. The average Bonchev–Trinajstić information content (AvgIpc) is 2.12. The van der Waals surface area contributed by atoms with Crippen molar-refractivity contribution in [2.45, 2.75) is 78.6 Å². The summed E-state index contributed by atoms with van der Waals surface area (Å²) in [4.78, 5) is 0. The molecule has 8 heteroatoms. The number of halogens is 2. The monoisotopic (exact) mass is 418 g/mol. The lowest BCUT2D eigenvalue weighted by atomic mass is 11.8. The molecule has 0 aliphatic rings. The fourth-order valence-electron chi connectivity index (χ4n) is 3.05. The lowest BCUT2D eigenvalue weighted by molar-refractivity contribution is 1.73. The van der Waals surface area contributed by atoms with Crippen molar-refractivity contribution in [1.29, 1.82) is 0 Å². The molecule has 0 aromatic carbocycles. The third-order valence-electron chi connectivity index (χ3n) is 7.66. The largest absolute Gasteiger partial charge is 0.232 e. The minimum Gasteiger partial charge on any atom is -0.150 e. The molecule has 0 unspecified atom stereocenters. The maximum Gasteiger partial charge on any atom is 0.232 e. The summed E-state index contributed by atoms with van der Waals surface area (Å²) in [7, 11) is -6.43. The van der Waals surface area contributed by atoms with Crippen molar-refractivity contribution in [3.63, 3.8) is 0 Å². The van der Waals surface area contributed by atoms with E-state index in [4.69, 9.17) is 22.2 Å². The SMILES string of the molecule is C[Si](C)(C)[Si](C)(C)[Si](C)(C)[Si](C)(C)[Si](C)(C)[Si](C)(Cl)Cl. The van der Waals surface area contributed by atoms with Crippen LogP contribution in [0.5, 0.6) is 0 Å². The van der Waals surface area contributed by atoms with Gasteiger partial charge < -0.3 is 0 Å². The molecule has 0 N–H and O–H groups in total. The molecular formula is C12H36Cl2Si6. The van der Waals surface area contributed by atoms with E-state index in [1.807, 2.05) is 0 Å². The van der Waals surface area contributed by atoms with Gasteiger partial charge in [-0.2, -0.15) is 22.2 Å². The lowest BCUT2D eigenvalue weighted by Gasteiger charge is -2.59. The van der Waals surface area contributed by atoms with Gasteiger partial charge in [0.25, 0.3) is 0 Å². The second-order valence-electron chi connectivity index (χ2n) is 9.64. The van der Waals surface area contributed by atoms with E-state index >= 15 is 0 Å². The van der Waals surface area contributed by atoms with Crippen molar-refractivity contribution in [3.05, 3.63) is 0 Å². The van der Waals surface area contributed by atoms with Crippen LogP contribution in [0.25, 0.3) is 0 Å². The maximum atomic E-state index is 6.83. The second kappa shape index (κ2) is 5.75. The number of rotatable bonds is 5. The first kappa shape index (κ1) is 21.9. The first-order valence-corrected chi connectivity index (χ1v) is 32.7. The molecule has 122 valence electrons. The van der Waals surface area contributed by atoms with Crippen LogP contribution in [0, 0.1) is 0 Å². The zero-order valence-electron chi connectivity index (χ0n) is 15.8. The minimum absolute atomic E-state index is 1.08. The van der Waals surface area contributed by atoms with Gasteiger partial charge in [0, 0.05) is 28.9 Å². The molecule has 0 bridgehead atoms. The van der Waals surface area contributed by atoms with E-state index in [0.29, 0.717) is 0 Å². The highest BCUT2D eigenvalue weighted by Gasteiger charge is 2.66. The van der Waals surface area contributed by atoms with E-state index in [1.54, 1.807) is 0 Å². The molecule has 0 aliphatic carbocycles. The van der Waals surface area contributed by atoms with Crippen molar-refractivity contribution in [2.75, 3.05) is 0 Å². The molecule has 0 aromatic heterocycles. The van der Waals surface area contributed by atoms with E-state index < -0.39 is 42.2 Å². The third-order valence-corrected chi connectivity index (χ3v) is 132. The molecular weight excluding hydrogens is 384 g/mol. The maximum absolute atomic E-state index is 6.83. The van der Waals surface area contributed by atoms with Gasteiger partial charge in [-0.1, -0.05) is 72.0 Å². The summed E-state index contributed by atoms with van der Waals surface area (Å²) >= 11 is 13.7. The summed E-state index contributed by atoms with van der Waals surface area (Å²) in [5.74, 6) is 0. The van der Waals surface area contributed by atoms with Crippen LogP contribution in [0.4, 0.5) is 0 Å². The summed E-state index contributed by atoms with van der Waals surface area (Å²) in [6.07, 6.45) is -2.05. The molecule has 0 saturated heterocycles. The van der Waals surface area contributed by atoms with Crippen molar-refractivity contribution < 1.29 is 0 Å². The lowest BCUT2D eigenvalue weighted by Crippen LogP contribution is -2.87. The van der Waals surface area contributed by atoms with Gasteiger partial charge in [0.15, 0.2) is 0 Å². The van der Waals surface area contributed by atoms with Crippen molar-refractivity contribution >= 4 is 64.4 Å². The summed E-state index contributed by atoms with van der Waals surface area (Å²) in [6, 6.07) is 0. The van der Waals surface area contributed by atoms with Crippen LogP contribution in [-0.4, -0.2) is 42.2 Å². The highest BCUT2D eigenvalue weighted by Crippen LogP contribution is 2.43. The van der Waals surface area contributed by atoms with E-state index in [1.165, 1.54) is 0 Å². The number of hydrogen-bond acceptors (Lipinski definition) is 0. The third kappa shape index (κ3) is 3.22. The van der Waals surface area contributed by atoms with E-state index in [-0.39, 0.29) is 0 Å². The summed E-state index contributed by atoms with van der Waals surface area (Å²) < 4.78 is 0. The Kier molecular flexibility index (Phi) is 6.29. The minimum atomic E-state index is -2.05. The molecule has 0 radical (unpaired) electrons. The zero-order chi connectivity index (χ0) is 17.0. The van der Waals surface area contributed by atoms with Crippen LogP contribution in [0.15, 0.2) is 0 Å². The molecule has 0 rings (SSSR count). The molecule has 0 fully saturated rings. The van der Waals surface area contributed by atoms with Gasteiger partial charge in [-0.25, -0.2) is 0 Å². The summed E-state index contributed by atoms with van der Waals surface area (Å²) in [5, 5.41) is 0. The van der Waals surface area contributed by atoms with Gasteiger partial charge in [0.1, 0.15) is 0 Å². The van der Waals surface area contributed by atoms with E-state index in [0.717, 1.165) is 0 Å². The smallest absolute Gasteiger partial charge is 0.150 e. The van der Waals surface area contributed by atoms with Gasteiger partial charge in [-0.3, -0.25) is 0 Å². The second-order valence-corrected chi connectivity index (χ2v) is 79.4. The van der Waals surface area contributed by atoms with Gasteiger partial charge >= 0.3 is 0 Å². The molecule has 0 aliphatic heterocycles. The van der Waals surface area contributed by atoms with Crippen molar-refractivity contribution in [3.8, 4) is 0 Å². The van der Waals surface area contributed by atoms with Crippen LogP contribution in [0.2, 0.25) is 78.6 Å². The van der Waals surface area contributed by atoms with Crippen LogP contribution in [-0.2, 0) is 0 Å². The van der Waals surface area contributed by atoms with Gasteiger partial charge in [-0.05, 0) is 6.55 Å². The first-order valence-electron chi connectivity index (χ1n) is 7.63. The molecule has 0 nitrogen and oxygen atoms in total. The Hall–Kier alpha value is 1.88. The van der Waals surface area contributed by atoms with Crippen LogP contribution < -0.4 is 0 Å². The van der Waals surface area contributed by atoms with Gasteiger partial charge in [0.05, 0.1) is 7.11 Å². The summed E-state index contributed by atoms with van der Waals surface area (Å²) in [6.45, 7) is 31.2. The Labute approximate surface area is 142 Å². The van der Waals surface area contributed by atoms with Crippen LogP contribution in [0.3, 0.4) is 0 Å². The summed E-state index contributed by atoms with van der Waals surface area (Å²) in [5.41, 5.74) is 0. The Bertz CT molecular complexity index is 327. The number of hydrogen-bond donors (Lipinski definition) is 0. The Morgan fingerprint density at radius 3 is 0.850 bits per heavy atom. The standard InChI is InChI=1S/C12H36Cl2Si6/c1-15(2,3)16(4,5)17(6,7)18(8,9)19(10,11)20(12,13)14/h1-12H3. The van der Waals surface area contributed by atoms with E-state index in [9.17, 15) is 0 Å². The van der Waals surface area contributed by atoms with Gasteiger partial charge in [-0.15, -0.1) is 0 Å². The Morgan fingerprint density at radius 1 is 0.400 bits per heavy atom. The highest BCUT2D eigenvalue weighted by molar-refractivity contribution is 8.02. The van der Waals surface area contributed by atoms with Crippen molar-refractivity contribution in [1.82, 2.24) is 0 Å². The zero-order valence-corrected chi connectivity index (χ0v) is 23.3. The molecule has 0 saturated carbocycles. The highest BCUT2D eigenvalue weighted by atomic mass is 35.7. The van der Waals surface area contributed by atoms with Crippen molar-refractivity contribution in [2.24, 2.45) is 0 Å². The molecule has 20 heavy (non-hydrogen) atoms. The average molecular weight is 420 g/mol. The molecule has 0 heterocycles. The Balaban J connectivity index is 6.08. The molecule has 0 spiro atoms. The van der Waals surface area contributed by atoms with Crippen LogP contribution >= 0.6 is 22.2 Å². The molecule has 0 amide bonds. The molecule has 0 aromatic rings. The predicted molar refractivity (Wildman–Crippen MR) is 117 cm³/mol. The predicted octanol–water partition coefficient (Wildman–Crippen LogP) is 6.10.